The molecule has 1 amide bonds. The molecular formula is C16H19Cl2F2N3O2. The van der Waals surface area contributed by atoms with Gasteiger partial charge in [0.15, 0.2) is 11.7 Å². The van der Waals surface area contributed by atoms with E-state index < -0.39 is 11.6 Å². The number of aryl methyl sites for hydroxylation is 1. The van der Waals surface area contributed by atoms with E-state index in [0.29, 0.717) is 25.4 Å². The fourth-order valence-electron chi connectivity index (χ4n) is 2.63. The number of nitrogens with two attached hydrogens (primary N) is 1. The van der Waals surface area contributed by atoms with Gasteiger partial charge in [0.1, 0.15) is 11.6 Å². The Labute approximate surface area is 156 Å². The number of hydrogen-bond donors (Lipinski definition) is 1. The molecule has 1 aromatic heterocycles. The standard InChI is InChI=1S/C16H17F2N3O2.2ClH/c17-10-1-2-12(13(18)7-10)14-8-20-15(23-14)3-4-16(22)21-6-5-11(19)9-21;;/h1-2,7-8,11H,3-6,9,19H2;2*1H/t11-;;/m1../s1. The smallest absolute Gasteiger partial charge is 0.223 e. The van der Waals surface area contributed by atoms with Gasteiger partial charge in [-0.25, -0.2) is 13.8 Å². The van der Waals surface area contributed by atoms with Gasteiger partial charge in [-0.15, -0.1) is 24.8 Å². The first kappa shape index (κ1) is 21.3. The van der Waals surface area contributed by atoms with Gasteiger partial charge in [-0.3, -0.25) is 4.79 Å². The highest BCUT2D eigenvalue weighted by Gasteiger charge is 2.23. The molecule has 2 aromatic rings. The summed E-state index contributed by atoms with van der Waals surface area (Å²) in [6, 6.07) is 3.29. The van der Waals surface area contributed by atoms with Crippen molar-refractivity contribution >= 4 is 30.7 Å². The van der Waals surface area contributed by atoms with E-state index in [-0.39, 0.29) is 54.5 Å². The highest BCUT2D eigenvalue weighted by atomic mass is 35.5. The van der Waals surface area contributed by atoms with Crippen molar-refractivity contribution in [2.24, 2.45) is 5.73 Å². The third-order valence-corrected chi connectivity index (χ3v) is 3.88. The fourth-order valence-corrected chi connectivity index (χ4v) is 2.63. The Hall–Kier alpha value is -1.70. The molecule has 0 unspecified atom stereocenters. The van der Waals surface area contributed by atoms with Crippen LogP contribution in [-0.4, -0.2) is 34.9 Å². The van der Waals surface area contributed by atoms with Gasteiger partial charge < -0.3 is 15.1 Å². The minimum absolute atomic E-state index is 0. The van der Waals surface area contributed by atoms with Crippen LogP contribution in [0.1, 0.15) is 18.7 Å². The van der Waals surface area contributed by atoms with Crippen molar-refractivity contribution in [1.29, 1.82) is 0 Å². The Morgan fingerprint density at radius 3 is 2.76 bits per heavy atom. The van der Waals surface area contributed by atoms with E-state index in [9.17, 15) is 13.6 Å². The third kappa shape index (κ3) is 5.14. The first-order valence-electron chi connectivity index (χ1n) is 7.46. The van der Waals surface area contributed by atoms with Crippen LogP contribution < -0.4 is 5.73 Å². The summed E-state index contributed by atoms with van der Waals surface area (Å²) in [5.41, 5.74) is 5.92. The van der Waals surface area contributed by atoms with Crippen LogP contribution >= 0.6 is 24.8 Å². The molecule has 0 saturated carbocycles. The second kappa shape index (κ2) is 9.12. The van der Waals surface area contributed by atoms with E-state index in [4.69, 9.17) is 10.2 Å². The number of benzene rings is 1. The number of likely N-dealkylation sites (tertiary alicyclic amines) is 1. The van der Waals surface area contributed by atoms with Crippen molar-refractivity contribution in [3.05, 3.63) is 41.9 Å². The Kier molecular flexibility index (Phi) is 7.79. The maximum absolute atomic E-state index is 13.7. The number of aromatic nitrogens is 1. The van der Waals surface area contributed by atoms with Crippen LogP contribution in [0.4, 0.5) is 8.78 Å². The molecule has 2 heterocycles. The van der Waals surface area contributed by atoms with Crippen LogP contribution in [0.5, 0.6) is 0 Å². The van der Waals surface area contributed by atoms with Gasteiger partial charge in [0.2, 0.25) is 5.91 Å². The van der Waals surface area contributed by atoms with Gasteiger partial charge in [-0.2, -0.15) is 0 Å². The minimum atomic E-state index is -0.713. The zero-order valence-electron chi connectivity index (χ0n) is 13.3. The second-order valence-corrected chi connectivity index (χ2v) is 5.63. The van der Waals surface area contributed by atoms with E-state index in [1.807, 2.05) is 0 Å². The highest BCUT2D eigenvalue weighted by Crippen LogP contribution is 2.24. The average Bonchev–Trinajstić information content (AvgIpc) is 3.14. The summed E-state index contributed by atoms with van der Waals surface area (Å²) in [5.74, 6) is -0.797. The van der Waals surface area contributed by atoms with Crippen LogP contribution in [0.3, 0.4) is 0 Å². The number of oxazole rings is 1. The first-order valence-corrected chi connectivity index (χ1v) is 7.46. The molecular weight excluding hydrogens is 375 g/mol. The topological polar surface area (TPSA) is 72.4 Å². The molecule has 3 rings (SSSR count). The van der Waals surface area contributed by atoms with Crippen LogP contribution in [0.25, 0.3) is 11.3 Å². The van der Waals surface area contributed by atoms with Crippen molar-refractivity contribution in [3.63, 3.8) is 0 Å². The van der Waals surface area contributed by atoms with Gasteiger partial charge in [-0.05, 0) is 18.6 Å². The first-order chi connectivity index (χ1) is 11.0. The number of carbonyl (C=O) groups is 1. The van der Waals surface area contributed by atoms with E-state index in [1.54, 1.807) is 4.90 Å². The van der Waals surface area contributed by atoms with Crippen molar-refractivity contribution in [2.45, 2.75) is 25.3 Å². The van der Waals surface area contributed by atoms with Crippen LogP contribution in [0.2, 0.25) is 0 Å². The predicted octanol–water partition coefficient (Wildman–Crippen LogP) is 2.96. The number of hydrogen-bond acceptors (Lipinski definition) is 4. The van der Waals surface area contributed by atoms with Crippen molar-refractivity contribution in [2.75, 3.05) is 13.1 Å². The third-order valence-electron chi connectivity index (χ3n) is 3.88. The molecule has 5 nitrogen and oxygen atoms in total. The van der Waals surface area contributed by atoms with Gasteiger partial charge in [0.05, 0.1) is 11.8 Å². The Morgan fingerprint density at radius 1 is 1.36 bits per heavy atom. The highest BCUT2D eigenvalue weighted by molar-refractivity contribution is 5.85. The van der Waals surface area contributed by atoms with Crippen molar-refractivity contribution in [1.82, 2.24) is 9.88 Å². The summed E-state index contributed by atoms with van der Waals surface area (Å²) in [4.78, 5) is 17.8. The number of nitrogens with zero attached hydrogens (tertiary/aromatic N) is 2. The fraction of sp³-hybridized carbons (Fsp3) is 0.375. The van der Waals surface area contributed by atoms with E-state index in [0.717, 1.165) is 18.6 Å². The summed E-state index contributed by atoms with van der Waals surface area (Å²) in [6.45, 7) is 1.26. The van der Waals surface area contributed by atoms with E-state index in [1.165, 1.54) is 12.3 Å². The zero-order valence-corrected chi connectivity index (χ0v) is 14.9. The predicted molar refractivity (Wildman–Crippen MR) is 93.8 cm³/mol. The molecule has 0 radical (unpaired) electrons. The second-order valence-electron chi connectivity index (χ2n) is 5.63. The van der Waals surface area contributed by atoms with Gasteiger partial charge in [0.25, 0.3) is 0 Å². The molecule has 1 aromatic carbocycles. The normalized spacial score (nSPS) is 16.3. The molecule has 138 valence electrons. The Bertz CT molecular complexity index is 727. The maximum atomic E-state index is 13.7. The average molecular weight is 394 g/mol. The van der Waals surface area contributed by atoms with Crippen LogP contribution in [-0.2, 0) is 11.2 Å². The molecule has 1 aliphatic heterocycles. The zero-order chi connectivity index (χ0) is 16.4. The number of halogens is 4. The maximum Gasteiger partial charge on any atom is 0.223 e. The van der Waals surface area contributed by atoms with Crippen LogP contribution in [0, 0.1) is 11.6 Å². The summed E-state index contributed by atoms with van der Waals surface area (Å²) in [7, 11) is 0. The molecule has 25 heavy (non-hydrogen) atoms. The van der Waals surface area contributed by atoms with Gasteiger partial charge in [-0.1, -0.05) is 0 Å². The number of carbonyl (C=O) groups excluding carboxylic acids is 1. The lowest BCUT2D eigenvalue weighted by molar-refractivity contribution is -0.130. The summed E-state index contributed by atoms with van der Waals surface area (Å²) >= 11 is 0. The molecule has 0 bridgehead atoms. The molecule has 1 aliphatic rings. The lowest BCUT2D eigenvalue weighted by Crippen LogP contribution is -2.31. The van der Waals surface area contributed by atoms with Crippen molar-refractivity contribution < 1.29 is 18.0 Å². The molecule has 1 fully saturated rings. The number of amides is 1. The lowest BCUT2D eigenvalue weighted by atomic mass is 10.2. The summed E-state index contributed by atoms with van der Waals surface area (Å²) in [6.07, 6.45) is 2.78. The molecule has 9 heteroatoms. The molecule has 1 atom stereocenters. The Morgan fingerprint density at radius 2 is 2.12 bits per heavy atom. The summed E-state index contributed by atoms with van der Waals surface area (Å²) < 4.78 is 32.1. The monoisotopic (exact) mass is 393 g/mol. The van der Waals surface area contributed by atoms with Crippen LogP contribution in [0.15, 0.2) is 28.8 Å². The van der Waals surface area contributed by atoms with Crippen molar-refractivity contribution in [3.8, 4) is 11.3 Å². The minimum Gasteiger partial charge on any atom is -0.441 e. The SMILES string of the molecule is Cl.Cl.N[C@@H]1CCN(C(=O)CCc2ncc(-c3ccc(F)cc3F)o2)C1. The largest absolute Gasteiger partial charge is 0.441 e. The van der Waals surface area contributed by atoms with Gasteiger partial charge >= 0.3 is 0 Å². The quantitative estimate of drug-likeness (QED) is 0.866. The van der Waals surface area contributed by atoms with E-state index >= 15 is 0 Å². The van der Waals surface area contributed by atoms with E-state index in [2.05, 4.69) is 4.98 Å². The molecule has 1 saturated heterocycles. The number of rotatable bonds is 4. The Balaban J connectivity index is 0.00000156. The lowest BCUT2D eigenvalue weighted by Gasteiger charge is -2.14. The molecule has 0 aliphatic carbocycles. The molecule has 0 spiro atoms. The molecule has 2 N–H and O–H groups in total. The van der Waals surface area contributed by atoms with Gasteiger partial charge in [0, 0.05) is 38.0 Å². The summed E-state index contributed by atoms with van der Waals surface area (Å²) in [5, 5.41) is 0.